The van der Waals surface area contributed by atoms with E-state index in [0.717, 1.165) is 19.1 Å². The lowest BCUT2D eigenvalue weighted by molar-refractivity contribution is 0.0676. The summed E-state index contributed by atoms with van der Waals surface area (Å²) >= 11 is 0. The number of pyridine rings is 1. The highest BCUT2D eigenvalue weighted by Gasteiger charge is 2.25. The molecule has 1 aromatic heterocycles. The van der Waals surface area contributed by atoms with Crippen LogP contribution in [0.3, 0.4) is 0 Å². The average molecular weight is 417 g/mol. The number of benzene rings is 1. The van der Waals surface area contributed by atoms with Gasteiger partial charge < -0.3 is 10.2 Å². The molecule has 1 unspecified atom stereocenters. The zero-order chi connectivity index (χ0) is 20.9. The zero-order valence-corrected chi connectivity index (χ0v) is 17.0. The Morgan fingerprint density at radius 3 is 2.72 bits per heavy atom. The smallest absolute Gasteiger partial charge is 0.257 e. The number of nitrogens with zero attached hydrogens (tertiary/aromatic N) is 2. The van der Waals surface area contributed by atoms with Crippen LogP contribution in [0.2, 0.25) is 0 Å². The molecule has 1 atom stereocenters. The van der Waals surface area contributed by atoms with E-state index in [1.54, 1.807) is 47.5 Å². The summed E-state index contributed by atoms with van der Waals surface area (Å²) in [5.41, 5.74) is 1.43. The summed E-state index contributed by atoms with van der Waals surface area (Å²) in [5, 5.41) is 2.78. The van der Waals surface area contributed by atoms with Crippen LogP contribution in [-0.4, -0.2) is 56.0 Å². The van der Waals surface area contributed by atoms with Crippen LogP contribution in [-0.2, 0) is 10.0 Å². The van der Waals surface area contributed by atoms with E-state index in [2.05, 4.69) is 15.0 Å². The SMILES string of the molecule is CS(=O)(=O)NCC1CCCN(C(=O)c2cccc(NC(=O)c3cccnc3)c2)C1. The standard InChI is InChI=1S/C20H24N4O4S/c1-29(27,28)22-12-15-5-4-10-24(14-15)20(26)16-6-2-8-18(11-16)23-19(25)17-7-3-9-21-13-17/h2-3,6-9,11,13,15,22H,4-5,10,12,14H2,1H3,(H,23,25). The first-order chi connectivity index (χ1) is 13.8. The van der Waals surface area contributed by atoms with Crippen LogP contribution in [0.1, 0.15) is 33.6 Å². The van der Waals surface area contributed by atoms with Gasteiger partial charge in [-0.2, -0.15) is 0 Å². The molecule has 29 heavy (non-hydrogen) atoms. The van der Waals surface area contributed by atoms with Gasteiger partial charge in [0, 0.05) is 43.3 Å². The molecule has 0 aliphatic carbocycles. The van der Waals surface area contributed by atoms with Gasteiger partial charge in [0.1, 0.15) is 0 Å². The average Bonchev–Trinajstić information content (AvgIpc) is 2.72. The second kappa shape index (κ2) is 9.15. The Morgan fingerprint density at radius 1 is 1.21 bits per heavy atom. The molecule has 2 amide bonds. The molecule has 9 heteroatoms. The fraction of sp³-hybridized carbons (Fsp3) is 0.350. The third-order valence-electron chi connectivity index (χ3n) is 4.73. The largest absolute Gasteiger partial charge is 0.338 e. The lowest BCUT2D eigenvalue weighted by Crippen LogP contribution is -2.43. The topological polar surface area (TPSA) is 108 Å². The quantitative estimate of drug-likeness (QED) is 0.746. The Balaban J connectivity index is 1.65. The van der Waals surface area contributed by atoms with Crippen molar-refractivity contribution in [2.75, 3.05) is 31.2 Å². The van der Waals surface area contributed by atoms with E-state index in [4.69, 9.17) is 0 Å². The molecule has 1 fully saturated rings. The number of aromatic nitrogens is 1. The number of hydrogen-bond acceptors (Lipinski definition) is 5. The van der Waals surface area contributed by atoms with E-state index in [9.17, 15) is 18.0 Å². The molecule has 2 aromatic rings. The minimum atomic E-state index is -3.25. The van der Waals surface area contributed by atoms with Gasteiger partial charge in [0.2, 0.25) is 10.0 Å². The molecule has 1 aliphatic heterocycles. The normalized spacial score (nSPS) is 17.0. The van der Waals surface area contributed by atoms with Crippen molar-refractivity contribution in [2.24, 2.45) is 5.92 Å². The lowest BCUT2D eigenvalue weighted by Gasteiger charge is -2.33. The van der Waals surface area contributed by atoms with Crippen molar-refractivity contribution in [1.29, 1.82) is 0 Å². The van der Waals surface area contributed by atoms with Crippen LogP contribution in [0.5, 0.6) is 0 Å². The molecule has 2 heterocycles. The Kier molecular flexibility index (Phi) is 6.60. The van der Waals surface area contributed by atoms with Crippen molar-refractivity contribution in [3.63, 3.8) is 0 Å². The van der Waals surface area contributed by atoms with E-state index >= 15 is 0 Å². The number of anilines is 1. The summed E-state index contributed by atoms with van der Waals surface area (Å²) in [4.78, 5) is 30.9. The van der Waals surface area contributed by atoms with Crippen molar-refractivity contribution in [1.82, 2.24) is 14.6 Å². The van der Waals surface area contributed by atoms with Gasteiger partial charge in [-0.3, -0.25) is 14.6 Å². The lowest BCUT2D eigenvalue weighted by atomic mass is 9.97. The van der Waals surface area contributed by atoms with E-state index in [1.165, 1.54) is 6.20 Å². The predicted molar refractivity (Wildman–Crippen MR) is 110 cm³/mol. The number of carbonyl (C=O) groups excluding carboxylic acids is 2. The molecular weight excluding hydrogens is 392 g/mol. The first-order valence-electron chi connectivity index (χ1n) is 9.37. The number of carbonyl (C=O) groups is 2. The first-order valence-corrected chi connectivity index (χ1v) is 11.3. The van der Waals surface area contributed by atoms with E-state index < -0.39 is 10.0 Å². The molecule has 1 aromatic carbocycles. The maximum Gasteiger partial charge on any atom is 0.257 e. The Labute approximate surface area is 170 Å². The fourth-order valence-electron chi connectivity index (χ4n) is 3.30. The molecule has 2 N–H and O–H groups in total. The third-order valence-corrected chi connectivity index (χ3v) is 5.42. The highest BCUT2D eigenvalue weighted by molar-refractivity contribution is 7.88. The van der Waals surface area contributed by atoms with Crippen molar-refractivity contribution in [3.8, 4) is 0 Å². The molecule has 8 nitrogen and oxygen atoms in total. The predicted octanol–water partition coefficient (Wildman–Crippen LogP) is 1.74. The summed E-state index contributed by atoms with van der Waals surface area (Å²) in [6.45, 7) is 1.44. The summed E-state index contributed by atoms with van der Waals surface area (Å²) in [5.74, 6) is -0.352. The van der Waals surface area contributed by atoms with Gasteiger partial charge >= 0.3 is 0 Å². The van der Waals surface area contributed by atoms with Crippen LogP contribution in [0, 0.1) is 5.92 Å². The molecule has 0 bridgehead atoms. The minimum absolute atomic E-state index is 0.0795. The fourth-order valence-corrected chi connectivity index (χ4v) is 3.84. The highest BCUT2D eigenvalue weighted by atomic mass is 32.2. The molecular formula is C20H24N4O4S. The molecule has 1 saturated heterocycles. The monoisotopic (exact) mass is 416 g/mol. The van der Waals surface area contributed by atoms with Crippen LogP contribution >= 0.6 is 0 Å². The number of hydrogen-bond donors (Lipinski definition) is 2. The summed E-state index contributed by atoms with van der Waals surface area (Å²) in [7, 11) is -3.25. The van der Waals surface area contributed by atoms with Crippen LogP contribution in [0.25, 0.3) is 0 Å². The number of nitrogens with one attached hydrogen (secondary N) is 2. The number of sulfonamides is 1. The van der Waals surface area contributed by atoms with Gasteiger partial charge in [-0.15, -0.1) is 0 Å². The number of rotatable bonds is 6. The summed E-state index contributed by atoms with van der Waals surface area (Å²) in [6, 6.07) is 10.1. The number of amides is 2. The number of piperidine rings is 1. The molecule has 0 saturated carbocycles. The van der Waals surface area contributed by atoms with Crippen LogP contribution in [0.15, 0.2) is 48.8 Å². The van der Waals surface area contributed by atoms with Crippen LogP contribution < -0.4 is 10.0 Å². The highest BCUT2D eigenvalue weighted by Crippen LogP contribution is 2.20. The summed E-state index contributed by atoms with van der Waals surface area (Å²) in [6.07, 6.45) is 5.88. The zero-order valence-electron chi connectivity index (χ0n) is 16.2. The maximum atomic E-state index is 12.9. The second-order valence-corrected chi connectivity index (χ2v) is 8.99. The Bertz CT molecular complexity index is 979. The first kappa shape index (κ1) is 20.9. The van der Waals surface area contributed by atoms with Gasteiger partial charge in [0.25, 0.3) is 11.8 Å². The van der Waals surface area contributed by atoms with E-state index in [-0.39, 0.29) is 17.7 Å². The van der Waals surface area contributed by atoms with Gasteiger partial charge in [-0.05, 0) is 49.1 Å². The van der Waals surface area contributed by atoms with E-state index in [1.807, 2.05) is 0 Å². The van der Waals surface area contributed by atoms with Crippen LogP contribution in [0.4, 0.5) is 5.69 Å². The Hall–Kier alpha value is -2.78. The second-order valence-electron chi connectivity index (χ2n) is 7.16. The molecule has 154 valence electrons. The molecule has 0 spiro atoms. The maximum absolute atomic E-state index is 12.9. The molecule has 3 rings (SSSR count). The van der Waals surface area contributed by atoms with Gasteiger partial charge in [-0.25, -0.2) is 13.1 Å². The van der Waals surface area contributed by atoms with Crippen molar-refractivity contribution in [2.45, 2.75) is 12.8 Å². The van der Waals surface area contributed by atoms with Crippen molar-refractivity contribution >= 4 is 27.5 Å². The third kappa shape index (κ3) is 6.10. The minimum Gasteiger partial charge on any atom is -0.338 e. The molecule has 0 radical (unpaired) electrons. The summed E-state index contributed by atoms with van der Waals surface area (Å²) < 4.78 is 25.1. The van der Waals surface area contributed by atoms with Crippen molar-refractivity contribution < 1.29 is 18.0 Å². The number of likely N-dealkylation sites (tertiary alicyclic amines) is 1. The molecule has 1 aliphatic rings. The van der Waals surface area contributed by atoms with Gasteiger partial charge in [0.05, 0.1) is 11.8 Å². The Morgan fingerprint density at radius 2 is 2.00 bits per heavy atom. The van der Waals surface area contributed by atoms with Gasteiger partial charge in [-0.1, -0.05) is 6.07 Å². The van der Waals surface area contributed by atoms with E-state index in [0.29, 0.717) is 36.4 Å². The van der Waals surface area contributed by atoms with Gasteiger partial charge in [0.15, 0.2) is 0 Å². The van der Waals surface area contributed by atoms with Crippen molar-refractivity contribution in [3.05, 3.63) is 59.9 Å².